The Morgan fingerprint density at radius 3 is 2.69 bits per heavy atom. The van der Waals surface area contributed by atoms with Crippen LogP contribution in [-0.2, 0) is 6.54 Å². The van der Waals surface area contributed by atoms with Gasteiger partial charge in [-0.05, 0) is 37.1 Å². The molecule has 0 bridgehead atoms. The Kier molecular flexibility index (Phi) is 4.69. The number of nitrogens with one attached hydrogen (secondary N) is 1. The third-order valence-corrected chi connectivity index (χ3v) is 5.82. The van der Waals surface area contributed by atoms with Crippen LogP contribution < -0.4 is 5.69 Å². The van der Waals surface area contributed by atoms with Crippen LogP contribution in [0.2, 0.25) is 5.02 Å². The molecule has 0 radical (unpaired) electrons. The molecule has 0 amide bonds. The molecule has 2 aromatic carbocycles. The molecule has 1 aliphatic heterocycles. The Balaban J connectivity index is 1.27. The van der Waals surface area contributed by atoms with Gasteiger partial charge in [-0.2, -0.15) is 4.98 Å². The number of piperidine rings is 1. The third kappa shape index (κ3) is 3.47. The number of aromatic nitrogens is 4. The largest absolute Gasteiger partial charge is 0.338 e. The van der Waals surface area contributed by atoms with Crippen molar-refractivity contribution in [3.63, 3.8) is 0 Å². The molecule has 1 aliphatic rings. The smallest absolute Gasteiger partial charge is 0.326 e. The van der Waals surface area contributed by atoms with Gasteiger partial charge in [-0.1, -0.05) is 41.0 Å². The summed E-state index contributed by atoms with van der Waals surface area (Å²) in [5.41, 5.74) is 2.59. The molecule has 1 saturated heterocycles. The molecule has 29 heavy (non-hydrogen) atoms. The van der Waals surface area contributed by atoms with Crippen LogP contribution in [0.15, 0.2) is 57.8 Å². The Labute approximate surface area is 171 Å². The number of aromatic amines is 1. The Hall–Kier alpha value is -2.90. The third-order valence-electron chi connectivity index (χ3n) is 5.49. The van der Waals surface area contributed by atoms with Crippen LogP contribution in [0.5, 0.6) is 0 Å². The molecule has 3 heterocycles. The second-order valence-corrected chi connectivity index (χ2v) is 7.72. The van der Waals surface area contributed by atoms with Crippen LogP contribution in [0.3, 0.4) is 0 Å². The van der Waals surface area contributed by atoms with E-state index in [1.165, 1.54) is 0 Å². The summed E-state index contributed by atoms with van der Waals surface area (Å²) in [5.74, 6) is 1.08. The van der Waals surface area contributed by atoms with Crippen LogP contribution in [0.1, 0.15) is 24.8 Å². The number of likely N-dealkylation sites (tertiary alicyclic amines) is 1. The topological polar surface area (TPSA) is 80.0 Å². The summed E-state index contributed by atoms with van der Waals surface area (Å²) in [7, 11) is 0. The van der Waals surface area contributed by atoms with Gasteiger partial charge in [0.25, 0.3) is 0 Å². The van der Waals surface area contributed by atoms with Gasteiger partial charge in [0.05, 0.1) is 22.6 Å². The first-order valence-electron chi connectivity index (χ1n) is 9.68. The highest BCUT2D eigenvalue weighted by molar-refractivity contribution is 6.33. The number of hydrogen-bond acceptors (Lipinski definition) is 5. The number of benzene rings is 2. The van der Waals surface area contributed by atoms with E-state index in [0.29, 0.717) is 23.3 Å². The molecule has 4 aromatic rings. The van der Waals surface area contributed by atoms with Crippen LogP contribution in [0, 0.1) is 0 Å². The zero-order valence-corrected chi connectivity index (χ0v) is 16.5. The van der Waals surface area contributed by atoms with Gasteiger partial charge in [0.1, 0.15) is 0 Å². The van der Waals surface area contributed by atoms with Crippen molar-refractivity contribution >= 4 is 22.6 Å². The van der Waals surface area contributed by atoms with Crippen molar-refractivity contribution in [2.45, 2.75) is 25.4 Å². The zero-order chi connectivity index (χ0) is 19.8. The lowest BCUT2D eigenvalue weighted by atomic mass is 10.0. The minimum Gasteiger partial charge on any atom is -0.338 e. The second kappa shape index (κ2) is 7.50. The van der Waals surface area contributed by atoms with Gasteiger partial charge < -0.3 is 9.51 Å². The average Bonchev–Trinajstić information content (AvgIpc) is 3.32. The molecular formula is C21H20ClN5O2. The highest BCUT2D eigenvalue weighted by Crippen LogP contribution is 2.27. The lowest BCUT2D eigenvalue weighted by Crippen LogP contribution is -2.36. The molecule has 5 rings (SSSR count). The summed E-state index contributed by atoms with van der Waals surface area (Å²) in [6, 6.07) is 15.5. The van der Waals surface area contributed by atoms with E-state index in [1.54, 1.807) is 0 Å². The van der Waals surface area contributed by atoms with E-state index >= 15 is 0 Å². The molecule has 148 valence electrons. The van der Waals surface area contributed by atoms with E-state index in [0.717, 1.165) is 42.5 Å². The van der Waals surface area contributed by atoms with Gasteiger partial charge in [-0.15, -0.1) is 0 Å². The van der Waals surface area contributed by atoms with Crippen molar-refractivity contribution in [3.8, 4) is 11.4 Å². The van der Waals surface area contributed by atoms with E-state index in [4.69, 9.17) is 16.1 Å². The maximum atomic E-state index is 12.4. The highest BCUT2D eigenvalue weighted by Gasteiger charge is 2.24. The van der Waals surface area contributed by atoms with Crippen LogP contribution in [0.4, 0.5) is 0 Å². The number of halogens is 1. The fourth-order valence-corrected chi connectivity index (χ4v) is 4.25. The predicted molar refractivity (Wildman–Crippen MR) is 111 cm³/mol. The van der Waals surface area contributed by atoms with Gasteiger partial charge in [-0.3, -0.25) is 9.47 Å². The second-order valence-electron chi connectivity index (χ2n) is 7.32. The molecule has 1 fully saturated rings. The van der Waals surface area contributed by atoms with Crippen molar-refractivity contribution in [2.75, 3.05) is 13.1 Å². The molecular weight excluding hydrogens is 390 g/mol. The lowest BCUT2D eigenvalue weighted by Gasteiger charge is -2.31. The molecule has 0 aliphatic carbocycles. The number of imidazole rings is 1. The van der Waals surface area contributed by atoms with Gasteiger partial charge in [0.15, 0.2) is 0 Å². The summed E-state index contributed by atoms with van der Waals surface area (Å²) in [4.78, 5) is 22.1. The van der Waals surface area contributed by atoms with Crippen LogP contribution >= 0.6 is 11.6 Å². The first-order chi connectivity index (χ1) is 14.2. The SMILES string of the molecule is O=c1[nH]c2ccccc2n1C1CCN(Cc2nc(-c3ccccc3Cl)no2)CC1. The van der Waals surface area contributed by atoms with Gasteiger partial charge in [0, 0.05) is 24.7 Å². The summed E-state index contributed by atoms with van der Waals surface area (Å²) >= 11 is 6.22. The minimum absolute atomic E-state index is 0.0362. The molecule has 0 spiro atoms. The number of H-pyrrole nitrogens is 1. The summed E-state index contributed by atoms with van der Waals surface area (Å²) < 4.78 is 7.33. The number of fused-ring (bicyclic) bond motifs is 1. The Bertz CT molecular complexity index is 1200. The van der Waals surface area contributed by atoms with Crippen molar-refractivity contribution in [2.24, 2.45) is 0 Å². The Morgan fingerprint density at radius 2 is 1.86 bits per heavy atom. The first kappa shape index (κ1) is 18.1. The minimum atomic E-state index is -0.0362. The molecule has 0 atom stereocenters. The maximum absolute atomic E-state index is 12.4. The van der Waals surface area contributed by atoms with Crippen molar-refractivity contribution in [3.05, 3.63) is 69.9 Å². The summed E-state index contributed by atoms with van der Waals surface area (Å²) in [5, 5.41) is 4.67. The van der Waals surface area contributed by atoms with Crippen LogP contribution in [0.25, 0.3) is 22.4 Å². The van der Waals surface area contributed by atoms with E-state index < -0.39 is 0 Å². The zero-order valence-electron chi connectivity index (χ0n) is 15.7. The fourth-order valence-electron chi connectivity index (χ4n) is 4.03. The van der Waals surface area contributed by atoms with Gasteiger partial charge in [-0.25, -0.2) is 4.79 Å². The highest BCUT2D eigenvalue weighted by atomic mass is 35.5. The number of nitrogens with zero attached hydrogens (tertiary/aromatic N) is 4. The summed E-state index contributed by atoms with van der Waals surface area (Å²) in [6.07, 6.45) is 1.79. The van der Waals surface area contributed by atoms with E-state index in [2.05, 4.69) is 20.0 Å². The quantitative estimate of drug-likeness (QED) is 0.553. The summed E-state index contributed by atoms with van der Waals surface area (Å²) in [6.45, 7) is 2.31. The normalized spacial score (nSPS) is 15.9. The molecule has 1 N–H and O–H groups in total. The number of rotatable bonds is 4. The van der Waals surface area contributed by atoms with E-state index in [9.17, 15) is 4.79 Å². The van der Waals surface area contributed by atoms with Crippen molar-refractivity contribution in [1.82, 2.24) is 24.6 Å². The predicted octanol–water partition coefficient (Wildman–Crippen LogP) is 3.87. The lowest BCUT2D eigenvalue weighted by molar-refractivity contribution is 0.161. The molecule has 0 saturated carbocycles. The molecule has 8 heteroatoms. The molecule has 7 nitrogen and oxygen atoms in total. The van der Waals surface area contributed by atoms with E-state index in [1.807, 2.05) is 53.1 Å². The maximum Gasteiger partial charge on any atom is 0.326 e. The average molecular weight is 410 g/mol. The monoisotopic (exact) mass is 409 g/mol. The van der Waals surface area contributed by atoms with Gasteiger partial charge >= 0.3 is 5.69 Å². The van der Waals surface area contributed by atoms with Crippen LogP contribution in [-0.4, -0.2) is 37.7 Å². The molecule has 2 aromatic heterocycles. The van der Waals surface area contributed by atoms with E-state index in [-0.39, 0.29) is 11.7 Å². The molecule has 0 unspecified atom stereocenters. The standard InChI is InChI=1S/C21H20ClN5O2/c22-16-6-2-1-5-15(16)20-24-19(29-25-20)13-26-11-9-14(10-12-26)27-18-8-4-3-7-17(18)23-21(27)28/h1-8,14H,9-13H2,(H,23,28). The first-order valence-corrected chi connectivity index (χ1v) is 10.1. The number of hydrogen-bond donors (Lipinski definition) is 1. The van der Waals surface area contributed by atoms with Gasteiger partial charge in [0.2, 0.25) is 11.7 Å². The fraction of sp³-hybridized carbons (Fsp3) is 0.286. The van der Waals surface area contributed by atoms with Crippen molar-refractivity contribution in [1.29, 1.82) is 0 Å². The Morgan fingerprint density at radius 1 is 1.10 bits per heavy atom. The number of para-hydroxylation sites is 2. The van der Waals surface area contributed by atoms with Crippen molar-refractivity contribution < 1.29 is 4.52 Å².